The summed E-state index contributed by atoms with van der Waals surface area (Å²) in [6.45, 7) is 0. The van der Waals surface area contributed by atoms with E-state index in [0.29, 0.717) is 0 Å². The monoisotopic (exact) mass is 278 g/mol. The zero-order chi connectivity index (χ0) is 14.4. The number of hydrogen-bond acceptors (Lipinski definition) is 2. The first-order chi connectivity index (χ1) is 10.2. The summed E-state index contributed by atoms with van der Waals surface area (Å²) in [5.74, 6) is 0.0258. The molecule has 0 aromatic heterocycles. The van der Waals surface area contributed by atoms with Gasteiger partial charge in [0.1, 0.15) is 6.04 Å². The fourth-order valence-electron chi connectivity index (χ4n) is 3.95. The molecule has 2 aromatic rings. The van der Waals surface area contributed by atoms with Gasteiger partial charge in [-0.1, -0.05) is 42.5 Å². The zero-order valence-electron chi connectivity index (χ0n) is 11.8. The second-order valence-corrected chi connectivity index (χ2v) is 5.92. The van der Waals surface area contributed by atoms with Crippen molar-refractivity contribution in [2.24, 2.45) is 5.73 Å². The number of hydrogen-bond donors (Lipinski definition) is 1. The maximum Gasteiger partial charge on any atom is 0.247 e. The van der Waals surface area contributed by atoms with Crippen molar-refractivity contribution in [3.05, 3.63) is 65.7 Å². The second kappa shape index (κ2) is 4.43. The average Bonchev–Trinajstić information content (AvgIpc) is 2.55. The van der Waals surface area contributed by atoms with Gasteiger partial charge in [0.15, 0.2) is 0 Å². The molecule has 1 aliphatic heterocycles. The van der Waals surface area contributed by atoms with Crippen molar-refractivity contribution in [2.45, 2.75) is 30.8 Å². The van der Waals surface area contributed by atoms with Gasteiger partial charge in [0.25, 0.3) is 0 Å². The van der Waals surface area contributed by atoms with Gasteiger partial charge in [-0.15, -0.1) is 0 Å². The van der Waals surface area contributed by atoms with Gasteiger partial charge in [0.05, 0.1) is 5.54 Å². The predicted octanol–water partition coefficient (Wildman–Crippen LogP) is 2.59. The number of rotatable bonds is 1. The molecule has 4 rings (SSSR count). The van der Waals surface area contributed by atoms with Crippen molar-refractivity contribution >= 4 is 11.6 Å². The number of fused-ring (bicyclic) bond motifs is 2. The molecule has 0 saturated carbocycles. The van der Waals surface area contributed by atoms with E-state index >= 15 is 0 Å². The van der Waals surface area contributed by atoms with E-state index in [1.807, 2.05) is 41.3 Å². The van der Waals surface area contributed by atoms with Gasteiger partial charge in [-0.25, -0.2) is 0 Å². The number of carbonyl (C=O) groups is 1. The minimum absolute atomic E-state index is 0.0258. The average molecular weight is 278 g/mol. The lowest BCUT2D eigenvalue weighted by Crippen LogP contribution is -2.76. The van der Waals surface area contributed by atoms with Gasteiger partial charge >= 0.3 is 0 Å². The molecule has 21 heavy (non-hydrogen) atoms. The Bertz CT molecular complexity index is 697. The van der Waals surface area contributed by atoms with Gasteiger partial charge in [-0.2, -0.15) is 0 Å². The predicted molar refractivity (Wildman–Crippen MR) is 83.0 cm³/mol. The molecule has 2 unspecified atom stereocenters. The first kappa shape index (κ1) is 12.6. The fourth-order valence-corrected chi connectivity index (χ4v) is 3.95. The summed E-state index contributed by atoms with van der Waals surface area (Å²) in [7, 11) is 0. The van der Waals surface area contributed by atoms with E-state index in [9.17, 15) is 4.79 Å². The Balaban J connectivity index is 1.89. The highest BCUT2D eigenvalue weighted by Crippen LogP contribution is 2.50. The van der Waals surface area contributed by atoms with Crippen LogP contribution in [0.5, 0.6) is 0 Å². The topological polar surface area (TPSA) is 46.3 Å². The van der Waals surface area contributed by atoms with Crippen molar-refractivity contribution in [2.75, 3.05) is 4.90 Å². The molecule has 106 valence electrons. The highest BCUT2D eigenvalue weighted by atomic mass is 16.2. The normalized spacial score (nSPS) is 27.4. The summed E-state index contributed by atoms with van der Waals surface area (Å²) in [5, 5.41) is 0. The van der Waals surface area contributed by atoms with Crippen LogP contribution < -0.4 is 10.6 Å². The van der Waals surface area contributed by atoms with Crippen molar-refractivity contribution in [3.8, 4) is 0 Å². The number of para-hydroxylation sites is 1. The number of benzene rings is 2. The number of carbonyl (C=O) groups excluding carboxylic acids is 1. The van der Waals surface area contributed by atoms with Gasteiger partial charge in [-0.3, -0.25) is 9.69 Å². The molecule has 1 fully saturated rings. The number of amides is 1. The third-order valence-electron chi connectivity index (χ3n) is 4.90. The highest BCUT2D eigenvalue weighted by Gasteiger charge is 2.60. The van der Waals surface area contributed by atoms with E-state index in [0.717, 1.165) is 24.9 Å². The molecular formula is C18H18N2O. The van der Waals surface area contributed by atoms with Crippen molar-refractivity contribution in [1.29, 1.82) is 0 Å². The van der Waals surface area contributed by atoms with Crippen LogP contribution in [0.3, 0.4) is 0 Å². The van der Waals surface area contributed by atoms with E-state index in [4.69, 9.17) is 5.73 Å². The van der Waals surface area contributed by atoms with Crippen molar-refractivity contribution < 1.29 is 4.79 Å². The molecule has 2 atom stereocenters. The lowest BCUT2D eigenvalue weighted by Gasteiger charge is -2.58. The maximum absolute atomic E-state index is 12.4. The largest absolute Gasteiger partial charge is 0.318 e. The molecule has 1 spiro atoms. The zero-order valence-corrected chi connectivity index (χ0v) is 11.8. The molecular weight excluding hydrogens is 260 g/mol. The van der Waals surface area contributed by atoms with E-state index in [-0.39, 0.29) is 11.4 Å². The van der Waals surface area contributed by atoms with Crippen LogP contribution in [0.25, 0.3) is 0 Å². The van der Waals surface area contributed by atoms with E-state index in [2.05, 4.69) is 18.2 Å². The minimum atomic E-state index is -0.431. The summed E-state index contributed by atoms with van der Waals surface area (Å²) in [5.41, 5.74) is 9.43. The van der Waals surface area contributed by atoms with Crippen molar-refractivity contribution in [1.82, 2.24) is 0 Å². The highest BCUT2D eigenvalue weighted by molar-refractivity contribution is 6.07. The smallest absolute Gasteiger partial charge is 0.247 e. The van der Waals surface area contributed by atoms with Gasteiger partial charge in [-0.05, 0) is 42.5 Å². The first-order valence-electron chi connectivity index (χ1n) is 7.48. The molecule has 0 bridgehead atoms. The fraction of sp³-hybridized carbons (Fsp3) is 0.278. The molecule has 2 N–H and O–H groups in total. The quantitative estimate of drug-likeness (QED) is 0.815. The van der Waals surface area contributed by atoms with Crippen LogP contribution in [0, 0.1) is 0 Å². The summed E-state index contributed by atoms with van der Waals surface area (Å²) in [4.78, 5) is 14.4. The molecule has 2 aromatic carbocycles. The van der Waals surface area contributed by atoms with E-state index in [1.54, 1.807) is 0 Å². The van der Waals surface area contributed by atoms with Crippen LogP contribution in [0.1, 0.15) is 24.0 Å². The maximum atomic E-state index is 12.4. The molecule has 3 nitrogen and oxygen atoms in total. The van der Waals surface area contributed by atoms with Crippen molar-refractivity contribution in [3.63, 3.8) is 0 Å². The van der Waals surface area contributed by atoms with Gasteiger partial charge in [0, 0.05) is 5.69 Å². The molecule has 1 saturated heterocycles. The SMILES string of the molecule is NC1C(=O)N(c2ccccc2)C12CCCc1ccccc12. The molecule has 2 aliphatic rings. The van der Waals surface area contributed by atoms with Crippen LogP contribution in [0.15, 0.2) is 54.6 Å². The molecule has 0 radical (unpaired) electrons. The molecule has 1 heterocycles. The number of nitrogens with two attached hydrogens (primary N) is 1. The van der Waals surface area contributed by atoms with Crippen LogP contribution >= 0.6 is 0 Å². The third-order valence-corrected chi connectivity index (χ3v) is 4.90. The lowest BCUT2D eigenvalue weighted by molar-refractivity contribution is -0.131. The second-order valence-electron chi connectivity index (χ2n) is 5.92. The molecule has 1 amide bonds. The Kier molecular flexibility index (Phi) is 2.66. The van der Waals surface area contributed by atoms with Crippen LogP contribution in [0.2, 0.25) is 0 Å². The number of aryl methyl sites for hydroxylation is 1. The number of anilines is 1. The van der Waals surface area contributed by atoms with E-state index < -0.39 is 6.04 Å². The van der Waals surface area contributed by atoms with Crippen LogP contribution in [-0.4, -0.2) is 11.9 Å². The first-order valence-corrected chi connectivity index (χ1v) is 7.48. The Morgan fingerprint density at radius 2 is 1.76 bits per heavy atom. The summed E-state index contributed by atoms with van der Waals surface area (Å²) >= 11 is 0. The Labute approximate surface area is 124 Å². The third kappa shape index (κ3) is 1.55. The minimum Gasteiger partial charge on any atom is -0.318 e. The summed E-state index contributed by atoms with van der Waals surface area (Å²) < 4.78 is 0. The van der Waals surface area contributed by atoms with Gasteiger partial charge < -0.3 is 5.73 Å². The lowest BCUT2D eigenvalue weighted by atomic mass is 9.65. The van der Waals surface area contributed by atoms with Gasteiger partial charge in [0.2, 0.25) is 5.91 Å². The summed E-state index contributed by atoms with van der Waals surface area (Å²) in [6.07, 6.45) is 3.08. The standard InChI is InChI=1S/C18H18N2O/c19-16-17(21)20(14-9-2-1-3-10-14)18(16)12-6-8-13-7-4-5-11-15(13)18/h1-5,7,9-11,16H,6,8,12,19H2. The van der Waals surface area contributed by atoms with E-state index in [1.165, 1.54) is 11.1 Å². The Hall–Kier alpha value is -2.13. The molecule has 3 heteroatoms. The Morgan fingerprint density at radius 1 is 1.05 bits per heavy atom. The van der Waals surface area contributed by atoms with Crippen LogP contribution in [-0.2, 0) is 16.8 Å². The Morgan fingerprint density at radius 3 is 2.57 bits per heavy atom. The summed E-state index contributed by atoms with van der Waals surface area (Å²) in [6, 6.07) is 17.9. The number of β-lactam (4-membered cyclic amide) rings is 1. The van der Waals surface area contributed by atoms with Crippen LogP contribution in [0.4, 0.5) is 5.69 Å². The molecule has 1 aliphatic carbocycles. The number of nitrogens with zero attached hydrogens (tertiary/aromatic N) is 1.